The highest BCUT2D eigenvalue weighted by atomic mass is 16.5. The topological polar surface area (TPSA) is 111 Å². The van der Waals surface area contributed by atoms with Crippen LogP contribution in [0.1, 0.15) is 45.0 Å². The number of hydrogen-bond acceptors (Lipinski definition) is 7. The molecule has 9 heteroatoms. The quantitative estimate of drug-likeness (QED) is 0.373. The molecular weight excluding hydrogens is 312 g/mol. The van der Waals surface area contributed by atoms with E-state index in [2.05, 4.69) is 32.7 Å². The molecule has 24 heavy (non-hydrogen) atoms. The average Bonchev–Trinajstić information content (AvgIpc) is 2.97. The van der Waals surface area contributed by atoms with Crippen LogP contribution in [0.3, 0.4) is 0 Å². The maximum atomic E-state index is 11.2. The Morgan fingerprint density at radius 3 is 2.79 bits per heavy atom. The maximum Gasteiger partial charge on any atom is 0.302 e. The van der Waals surface area contributed by atoms with Crippen molar-refractivity contribution in [2.75, 3.05) is 19.7 Å². The van der Waals surface area contributed by atoms with Gasteiger partial charge in [-0.25, -0.2) is 4.68 Å². The van der Waals surface area contributed by atoms with Gasteiger partial charge in [-0.05, 0) is 42.7 Å². The van der Waals surface area contributed by atoms with Crippen LogP contribution >= 0.6 is 0 Å². The van der Waals surface area contributed by atoms with Crippen LogP contribution in [0.5, 0.6) is 0 Å². The van der Waals surface area contributed by atoms with Crippen molar-refractivity contribution in [3.63, 3.8) is 0 Å². The van der Waals surface area contributed by atoms with E-state index in [1.54, 1.807) is 0 Å². The minimum atomic E-state index is -0.746. The summed E-state index contributed by atoms with van der Waals surface area (Å²) in [7, 11) is 0. The van der Waals surface area contributed by atoms with Crippen molar-refractivity contribution in [1.29, 1.82) is 0 Å². The van der Waals surface area contributed by atoms with E-state index >= 15 is 0 Å². The van der Waals surface area contributed by atoms with Crippen molar-refractivity contribution in [3.05, 3.63) is 18.5 Å². The third-order valence-corrected chi connectivity index (χ3v) is 4.10. The number of aromatic nitrogens is 4. The average molecular weight is 336 g/mol. The summed E-state index contributed by atoms with van der Waals surface area (Å²) in [6.07, 6.45) is 4.45. The molecule has 1 heterocycles. The minimum absolute atomic E-state index is 0.102. The predicted molar refractivity (Wildman–Crippen MR) is 85.9 cm³/mol. The Hall–Kier alpha value is -2.29. The standard InChI is InChI=1S/C15H24N6O3/c1-4-13(23)16-8-9-17-15(3,10-24-11(2)22)14-18-19-20-21(14)12-6-5-7-12/h4,12,17H,1,5-10H2,2-3H3,(H,16,23). The van der Waals surface area contributed by atoms with Crippen molar-refractivity contribution in [2.45, 2.75) is 44.7 Å². The molecule has 9 nitrogen and oxygen atoms in total. The van der Waals surface area contributed by atoms with Gasteiger partial charge >= 0.3 is 5.97 Å². The molecule has 132 valence electrons. The van der Waals surface area contributed by atoms with Gasteiger partial charge in [0.05, 0.1) is 6.04 Å². The number of hydrogen-bond donors (Lipinski definition) is 2. The smallest absolute Gasteiger partial charge is 0.302 e. The second-order valence-corrected chi connectivity index (χ2v) is 6.07. The lowest BCUT2D eigenvalue weighted by Crippen LogP contribution is -2.49. The normalized spacial score (nSPS) is 16.8. The molecule has 1 aromatic heterocycles. The van der Waals surface area contributed by atoms with E-state index in [0.29, 0.717) is 18.9 Å². The molecule has 0 saturated heterocycles. The monoisotopic (exact) mass is 336 g/mol. The summed E-state index contributed by atoms with van der Waals surface area (Å²) in [6.45, 7) is 7.62. The van der Waals surface area contributed by atoms with Crippen LogP contribution in [-0.4, -0.2) is 51.8 Å². The van der Waals surface area contributed by atoms with Crippen LogP contribution in [0.2, 0.25) is 0 Å². The molecule has 1 unspecified atom stereocenters. The number of tetrazole rings is 1. The lowest BCUT2D eigenvalue weighted by Gasteiger charge is -2.33. The second-order valence-electron chi connectivity index (χ2n) is 6.07. The van der Waals surface area contributed by atoms with E-state index in [9.17, 15) is 9.59 Å². The van der Waals surface area contributed by atoms with Gasteiger partial charge in [0, 0.05) is 20.0 Å². The molecule has 0 aliphatic heterocycles. The number of rotatable bonds is 9. The number of carbonyl (C=O) groups excluding carboxylic acids is 2. The Balaban J connectivity index is 2.07. The number of carbonyl (C=O) groups is 2. The second kappa shape index (κ2) is 8.00. The zero-order valence-electron chi connectivity index (χ0n) is 14.1. The zero-order valence-corrected chi connectivity index (χ0v) is 14.1. The van der Waals surface area contributed by atoms with E-state index in [0.717, 1.165) is 19.3 Å². The van der Waals surface area contributed by atoms with Crippen LogP contribution in [0.25, 0.3) is 0 Å². The number of ether oxygens (including phenoxy) is 1. The molecule has 1 fully saturated rings. The van der Waals surface area contributed by atoms with Crippen LogP contribution in [-0.2, 0) is 19.9 Å². The molecule has 0 spiro atoms. The lowest BCUT2D eigenvalue weighted by atomic mass is 9.92. The summed E-state index contributed by atoms with van der Waals surface area (Å²) in [5, 5.41) is 18.0. The first-order valence-corrected chi connectivity index (χ1v) is 8.03. The largest absolute Gasteiger partial charge is 0.463 e. The number of amides is 1. The van der Waals surface area contributed by atoms with Gasteiger partial charge < -0.3 is 15.4 Å². The fourth-order valence-electron chi connectivity index (χ4n) is 2.47. The summed E-state index contributed by atoms with van der Waals surface area (Å²) >= 11 is 0. The van der Waals surface area contributed by atoms with Gasteiger partial charge in [-0.2, -0.15) is 0 Å². The minimum Gasteiger partial charge on any atom is -0.463 e. The molecule has 1 aromatic rings. The summed E-state index contributed by atoms with van der Waals surface area (Å²) < 4.78 is 7.01. The van der Waals surface area contributed by atoms with Crippen LogP contribution < -0.4 is 10.6 Å². The zero-order chi connectivity index (χ0) is 17.6. The summed E-state index contributed by atoms with van der Waals surface area (Å²) in [6, 6.07) is 0.286. The molecular formula is C15H24N6O3. The third-order valence-electron chi connectivity index (χ3n) is 4.10. The first kappa shape index (κ1) is 18.1. The first-order chi connectivity index (χ1) is 11.5. The summed E-state index contributed by atoms with van der Waals surface area (Å²) in [4.78, 5) is 22.4. The van der Waals surface area contributed by atoms with Crippen molar-refractivity contribution in [1.82, 2.24) is 30.8 Å². The summed E-state index contributed by atoms with van der Waals surface area (Å²) in [5.74, 6) is 0.0203. The van der Waals surface area contributed by atoms with E-state index in [1.165, 1.54) is 13.0 Å². The predicted octanol–water partition coefficient (Wildman–Crippen LogP) is 0.0682. The maximum absolute atomic E-state index is 11.2. The fraction of sp³-hybridized carbons (Fsp3) is 0.667. The Labute approximate surface area is 140 Å². The van der Waals surface area contributed by atoms with E-state index in [-0.39, 0.29) is 24.5 Å². The van der Waals surface area contributed by atoms with Gasteiger partial charge in [0.1, 0.15) is 12.1 Å². The molecule has 2 N–H and O–H groups in total. The van der Waals surface area contributed by atoms with Crippen molar-refractivity contribution < 1.29 is 14.3 Å². The van der Waals surface area contributed by atoms with Gasteiger partial charge in [0.2, 0.25) is 5.91 Å². The van der Waals surface area contributed by atoms with Gasteiger partial charge in [0.25, 0.3) is 0 Å². The van der Waals surface area contributed by atoms with Gasteiger partial charge in [-0.15, -0.1) is 5.10 Å². The van der Waals surface area contributed by atoms with Crippen molar-refractivity contribution in [3.8, 4) is 0 Å². The summed E-state index contributed by atoms with van der Waals surface area (Å²) in [5.41, 5.74) is -0.746. The molecule has 0 radical (unpaired) electrons. The number of nitrogens with zero attached hydrogens (tertiary/aromatic N) is 4. The van der Waals surface area contributed by atoms with E-state index in [4.69, 9.17) is 4.74 Å². The SMILES string of the molecule is C=CC(=O)NCCNC(C)(COC(C)=O)c1nnnn1C1CCC1. The third kappa shape index (κ3) is 4.38. The highest BCUT2D eigenvalue weighted by Gasteiger charge is 2.36. The number of nitrogens with one attached hydrogen (secondary N) is 2. The molecule has 0 bridgehead atoms. The molecule has 2 rings (SSSR count). The van der Waals surface area contributed by atoms with Gasteiger partial charge in [-0.1, -0.05) is 6.58 Å². The first-order valence-electron chi connectivity index (χ1n) is 8.03. The van der Waals surface area contributed by atoms with E-state index < -0.39 is 5.54 Å². The Bertz CT molecular complexity index is 598. The van der Waals surface area contributed by atoms with Gasteiger partial charge in [-0.3, -0.25) is 9.59 Å². The molecule has 1 aliphatic carbocycles. The fourth-order valence-corrected chi connectivity index (χ4v) is 2.47. The molecule has 1 amide bonds. The lowest BCUT2D eigenvalue weighted by molar-refractivity contribution is -0.143. The molecule has 1 aliphatic rings. The molecule has 0 aromatic carbocycles. The van der Waals surface area contributed by atoms with Crippen LogP contribution in [0, 0.1) is 0 Å². The molecule has 1 atom stereocenters. The van der Waals surface area contributed by atoms with Crippen molar-refractivity contribution >= 4 is 11.9 Å². The van der Waals surface area contributed by atoms with Crippen molar-refractivity contribution in [2.24, 2.45) is 0 Å². The Morgan fingerprint density at radius 1 is 1.46 bits per heavy atom. The van der Waals surface area contributed by atoms with Crippen LogP contribution in [0.15, 0.2) is 12.7 Å². The Morgan fingerprint density at radius 2 is 2.21 bits per heavy atom. The highest BCUT2D eigenvalue weighted by Crippen LogP contribution is 2.33. The molecule has 1 saturated carbocycles. The highest BCUT2D eigenvalue weighted by molar-refractivity contribution is 5.86. The van der Waals surface area contributed by atoms with E-state index in [1.807, 2.05) is 11.6 Å². The number of esters is 1. The Kier molecular flexibility index (Phi) is 6.02. The van der Waals surface area contributed by atoms with Gasteiger partial charge in [0.15, 0.2) is 5.82 Å². The van der Waals surface area contributed by atoms with Crippen LogP contribution in [0.4, 0.5) is 0 Å².